The van der Waals surface area contributed by atoms with E-state index in [1.165, 1.54) is 0 Å². The number of aliphatic hydroxyl groups excluding tert-OH is 2. The van der Waals surface area contributed by atoms with Crippen molar-refractivity contribution in [3.8, 4) is 0 Å². The van der Waals surface area contributed by atoms with Crippen LogP contribution in [0.15, 0.2) is 0 Å². The van der Waals surface area contributed by atoms with Gasteiger partial charge in [0, 0.05) is 6.42 Å². The van der Waals surface area contributed by atoms with Crippen LogP contribution in [0.5, 0.6) is 0 Å². The lowest BCUT2D eigenvalue weighted by molar-refractivity contribution is -0.144. The predicted molar refractivity (Wildman–Crippen MR) is 55.0 cm³/mol. The second-order valence-electron chi connectivity index (χ2n) is 3.78. The number of aliphatic carboxylic acids is 2. The fourth-order valence-corrected chi connectivity index (χ4v) is 1.30. The molecule has 1 rings (SSSR count). The number of carbonyl (C=O) groups is 2. The van der Waals surface area contributed by atoms with Gasteiger partial charge in [0.15, 0.2) is 0 Å². The number of carboxylic acid groups (broad SMARTS) is 2. The largest absolute Gasteiger partial charge is 0.481 e. The second-order valence-corrected chi connectivity index (χ2v) is 3.78. The molecule has 0 unspecified atom stereocenters. The zero-order chi connectivity index (χ0) is 12.6. The number of hydrogen-bond acceptors (Lipinski definition) is 4. The Balaban J connectivity index is 0.000000487. The van der Waals surface area contributed by atoms with E-state index in [0.29, 0.717) is 25.7 Å². The molecule has 0 aromatic rings. The molecule has 94 valence electrons. The third kappa shape index (κ3) is 5.67. The maximum absolute atomic E-state index is 10.6. The molecule has 0 atom stereocenters. The highest BCUT2D eigenvalue weighted by atomic mass is 16.4. The summed E-state index contributed by atoms with van der Waals surface area (Å²) in [7, 11) is 0. The Labute approximate surface area is 93.5 Å². The fraction of sp³-hybridized carbons (Fsp3) is 0.800. The lowest BCUT2D eigenvalue weighted by Gasteiger charge is -2.06. The van der Waals surface area contributed by atoms with Crippen molar-refractivity contribution in [1.29, 1.82) is 0 Å². The second kappa shape index (κ2) is 7.19. The van der Waals surface area contributed by atoms with Gasteiger partial charge < -0.3 is 20.4 Å². The molecule has 1 aliphatic rings. The van der Waals surface area contributed by atoms with E-state index in [0.717, 1.165) is 0 Å². The smallest absolute Gasteiger partial charge is 0.309 e. The first-order valence-electron chi connectivity index (χ1n) is 5.15. The van der Waals surface area contributed by atoms with E-state index < -0.39 is 17.4 Å². The van der Waals surface area contributed by atoms with Crippen molar-refractivity contribution in [1.82, 2.24) is 0 Å². The van der Waals surface area contributed by atoms with Crippen LogP contribution >= 0.6 is 0 Å². The van der Waals surface area contributed by atoms with Gasteiger partial charge in [-0.2, -0.15) is 0 Å². The van der Waals surface area contributed by atoms with Gasteiger partial charge >= 0.3 is 11.9 Å². The quantitative estimate of drug-likeness (QED) is 0.517. The standard InChI is InChI=1S/C8H12O4.C2H6O2/c9-6(10)2-1-3-8(4-5-8)7(11)12;3-1-2-4/h1-5H2,(H,9,10)(H,11,12);3-4H,1-2H2. The minimum absolute atomic E-state index is 0.0784. The summed E-state index contributed by atoms with van der Waals surface area (Å²) in [5.74, 6) is -1.62. The number of aliphatic hydroxyl groups is 2. The summed E-state index contributed by atoms with van der Waals surface area (Å²) in [5.41, 5.74) is -0.560. The van der Waals surface area contributed by atoms with Crippen LogP contribution in [0.1, 0.15) is 32.1 Å². The summed E-state index contributed by atoms with van der Waals surface area (Å²) >= 11 is 0. The molecular formula is C10H18O6. The van der Waals surface area contributed by atoms with Crippen molar-refractivity contribution >= 4 is 11.9 Å². The van der Waals surface area contributed by atoms with Crippen LogP contribution in [0.3, 0.4) is 0 Å². The van der Waals surface area contributed by atoms with Crippen LogP contribution in [0, 0.1) is 5.41 Å². The third-order valence-corrected chi connectivity index (χ3v) is 2.45. The van der Waals surface area contributed by atoms with Crippen molar-refractivity contribution in [2.75, 3.05) is 13.2 Å². The van der Waals surface area contributed by atoms with Gasteiger partial charge in [-0.1, -0.05) is 0 Å². The SMILES string of the molecule is O=C(O)CCCC1(C(=O)O)CC1.OCCO. The van der Waals surface area contributed by atoms with Crippen molar-refractivity contribution in [2.45, 2.75) is 32.1 Å². The zero-order valence-electron chi connectivity index (χ0n) is 9.06. The fourth-order valence-electron chi connectivity index (χ4n) is 1.30. The number of hydrogen-bond donors (Lipinski definition) is 4. The Hall–Kier alpha value is -1.14. The maximum Gasteiger partial charge on any atom is 0.309 e. The number of rotatable bonds is 6. The van der Waals surface area contributed by atoms with E-state index in [1.807, 2.05) is 0 Å². The Kier molecular flexibility index (Phi) is 6.67. The molecule has 6 heteroatoms. The average Bonchev–Trinajstić information content (AvgIpc) is 2.99. The molecule has 0 heterocycles. The van der Waals surface area contributed by atoms with E-state index in [4.69, 9.17) is 20.4 Å². The average molecular weight is 234 g/mol. The van der Waals surface area contributed by atoms with E-state index in [1.54, 1.807) is 0 Å². The van der Waals surface area contributed by atoms with E-state index in [9.17, 15) is 9.59 Å². The lowest BCUT2D eigenvalue weighted by Crippen LogP contribution is -2.14. The van der Waals surface area contributed by atoms with Gasteiger partial charge in [-0.3, -0.25) is 9.59 Å². The van der Waals surface area contributed by atoms with Crippen LogP contribution in [0.2, 0.25) is 0 Å². The van der Waals surface area contributed by atoms with Gasteiger partial charge in [0.1, 0.15) is 0 Å². The third-order valence-electron chi connectivity index (χ3n) is 2.45. The van der Waals surface area contributed by atoms with Gasteiger partial charge in [0.2, 0.25) is 0 Å². The van der Waals surface area contributed by atoms with Crippen LogP contribution in [0.25, 0.3) is 0 Å². The molecule has 0 saturated heterocycles. The number of carboxylic acids is 2. The topological polar surface area (TPSA) is 115 Å². The molecule has 1 saturated carbocycles. The summed E-state index contributed by atoms with van der Waals surface area (Å²) < 4.78 is 0. The Morgan fingerprint density at radius 1 is 1.06 bits per heavy atom. The van der Waals surface area contributed by atoms with E-state index >= 15 is 0 Å². The van der Waals surface area contributed by atoms with Gasteiger partial charge in [0.25, 0.3) is 0 Å². The molecule has 6 nitrogen and oxygen atoms in total. The summed E-state index contributed by atoms with van der Waals surface area (Å²) in [6.45, 7) is -0.250. The highest BCUT2D eigenvalue weighted by molar-refractivity contribution is 5.77. The first-order chi connectivity index (χ1) is 7.48. The van der Waals surface area contributed by atoms with E-state index in [-0.39, 0.29) is 19.6 Å². The molecule has 0 aliphatic heterocycles. The summed E-state index contributed by atoms with van der Waals surface area (Å²) in [6.07, 6.45) is 2.48. The molecule has 0 aromatic heterocycles. The van der Waals surface area contributed by atoms with Gasteiger partial charge in [0.05, 0.1) is 18.6 Å². The van der Waals surface area contributed by atoms with Crippen molar-refractivity contribution < 1.29 is 30.0 Å². The first kappa shape index (κ1) is 14.9. The molecule has 4 N–H and O–H groups in total. The lowest BCUT2D eigenvalue weighted by atomic mass is 9.99. The van der Waals surface area contributed by atoms with Gasteiger partial charge in [-0.05, 0) is 25.7 Å². The molecule has 1 aliphatic carbocycles. The van der Waals surface area contributed by atoms with Crippen LogP contribution < -0.4 is 0 Å². The molecule has 0 spiro atoms. The summed E-state index contributed by atoms with van der Waals surface area (Å²) in [4.78, 5) is 20.7. The van der Waals surface area contributed by atoms with Crippen LogP contribution in [-0.4, -0.2) is 45.6 Å². The van der Waals surface area contributed by atoms with Crippen LogP contribution in [-0.2, 0) is 9.59 Å². The maximum atomic E-state index is 10.6. The molecule has 0 aromatic carbocycles. The predicted octanol–water partition coefficient (Wildman–Crippen LogP) is 0.0771. The van der Waals surface area contributed by atoms with E-state index in [2.05, 4.69) is 0 Å². The summed E-state index contributed by atoms with van der Waals surface area (Å²) in [6, 6.07) is 0. The Morgan fingerprint density at radius 3 is 1.81 bits per heavy atom. The molecule has 0 bridgehead atoms. The Bertz CT molecular complexity index is 231. The molecule has 0 radical (unpaired) electrons. The molecule has 0 amide bonds. The minimum atomic E-state index is -0.851. The highest BCUT2D eigenvalue weighted by Gasteiger charge is 2.49. The summed E-state index contributed by atoms with van der Waals surface area (Å²) in [5, 5.41) is 32.3. The zero-order valence-corrected chi connectivity index (χ0v) is 9.06. The Morgan fingerprint density at radius 2 is 1.56 bits per heavy atom. The highest BCUT2D eigenvalue weighted by Crippen LogP contribution is 2.49. The molecular weight excluding hydrogens is 216 g/mol. The van der Waals surface area contributed by atoms with Crippen molar-refractivity contribution in [3.63, 3.8) is 0 Å². The monoisotopic (exact) mass is 234 g/mol. The first-order valence-corrected chi connectivity index (χ1v) is 5.15. The van der Waals surface area contributed by atoms with Crippen LogP contribution in [0.4, 0.5) is 0 Å². The van der Waals surface area contributed by atoms with Gasteiger partial charge in [-0.25, -0.2) is 0 Å². The normalized spacial score (nSPS) is 15.9. The molecule has 16 heavy (non-hydrogen) atoms. The van der Waals surface area contributed by atoms with Gasteiger partial charge in [-0.15, -0.1) is 0 Å². The van der Waals surface area contributed by atoms with Crippen molar-refractivity contribution in [3.05, 3.63) is 0 Å². The minimum Gasteiger partial charge on any atom is -0.481 e. The van der Waals surface area contributed by atoms with Crippen molar-refractivity contribution in [2.24, 2.45) is 5.41 Å². The molecule has 1 fully saturated rings.